The number of hydrogen-bond donors (Lipinski definition) is 2. The molecule has 1 aromatic carbocycles. The highest BCUT2D eigenvalue weighted by atomic mass is 35.5. The first kappa shape index (κ1) is 23.8. The summed E-state index contributed by atoms with van der Waals surface area (Å²) in [5.41, 5.74) is -2.15. The van der Waals surface area contributed by atoms with Gasteiger partial charge in [-0.2, -0.15) is 0 Å². The van der Waals surface area contributed by atoms with Crippen molar-refractivity contribution in [3.63, 3.8) is 0 Å². The van der Waals surface area contributed by atoms with Crippen molar-refractivity contribution in [2.75, 3.05) is 14.1 Å². The molecule has 6 nitrogen and oxygen atoms in total. The van der Waals surface area contributed by atoms with Crippen molar-refractivity contribution in [2.24, 2.45) is 11.8 Å². The summed E-state index contributed by atoms with van der Waals surface area (Å²) >= 11 is 12.3. The summed E-state index contributed by atoms with van der Waals surface area (Å²) < 4.78 is 6.56. The second-order valence-electron chi connectivity index (χ2n) is 8.58. The Morgan fingerprint density at radius 2 is 1.85 bits per heavy atom. The predicted molar refractivity (Wildman–Crippen MR) is 127 cm³/mol. The number of benzene rings is 1. The number of aliphatic hydroxyl groups excluding tert-OH is 1. The van der Waals surface area contributed by atoms with Crippen LogP contribution in [0.4, 0.5) is 0 Å². The van der Waals surface area contributed by atoms with Crippen LogP contribution in [0.3, 0.4) is 0 Å². The fourth-order valence-corrected chi connectivity index (χ4v) is 5.59. The van der Waals surface area contributed by atoms with Gasteiger partial charge in [0.1, 0.15) is 17.5 Å². The molecule has 2 aliphatic rings. The van der Waals surface area contributed by atoms with E-state index in [1.54, 1.807) is 44.4 Å². The monoisotopic (exact) mass is 488 g/mol. The van der Waals surface area contributed by atoms with Gasteiger partial charge in [0.05, 0.1) is 10.9 Å². The molecule has 0 unspecified atom stereocenters. The number of hydrogen-bond acceptors (Lipinski definition) is 5. The van der Waals surface area contributed by atoms with E-state index in [4.69, 9.17) is 27.9 Å². The summed E-state index contributed by atoms with van der Waals surface area (Å²) in [6, 6.07) is 8.43. The van der Waals surface area contributed by atoms with E-state index in [0.717, 1.165) is 5.57 Å². The van der Waals surface area contributed by atoms with E-state index in [0.29, 0.717) is 15.6 Å². The van der Waals surface area contributed by atoms with E-state index in [1.807, 2.05) is 32.1 Å². The molecule has 2 aromatic rings. The van der Waals surface area contributed by atoms with E-state index in [1.165, 1.54) is 11.1 Å². The molecule has 33 heavy (non-hydrogen) atoms. The third-order valence-corrected chi connectivity index (χ3v) is 7.09. The van der Waals surface area contributed by atoms with E-state index in [-0.39, 0.29) is 17.4 Å². The molecule has 1 aromatic heterocycles. The van der Waals surface area contributed by atoms with Crippen LogP contribution in [-0.4, -0.2) is 46.2 Å². The Morgan fingerprint density at radius 3 is 2.42 bits per heavy atom. The maximum atomic E-state index is 13.4. The van der Waals surface area contributed by atoms with Gasteiger partial charge < -0.3 is 19.8 Å². The highest BCUT2D eigenvalue weighted by molar-refractivity contribution is 6.30. The zero-order valence-corrected chi connectivity index (χ0v) is 20.3. The summed E-state index contributed by atoms with van der Waals surface area (Å²) in [6.07, 6.45) is 5.46. The zero-order chi connectivity index (χ0) is 24.1. The van der Waals surface area contributed by atoms with Crippen molar-refractivity contribution < 1.29 is 19.7 Å². The summed E-state index contributed by atoms with van der Waals surface area (Å²) in [5, 5.41) is 24.9. The lowest BCUT2D eigenvalue weighted by Crippen LogP contribution is -2.53. The van der Waals surface area contributed by atoms with E-state index >= 15 is 0 Å². The molecule has 1 aliphatic carbocycles. The van der Waals surface area contributed by atoms with Crippen molar-refractivity contribution in [3.05, 3.63) is 81.6 Å². The second-order valence-corrected chi connectivity index (χ2v) is 9.45. The first-order valence-electron chi connectivity index (χ1n) is 10.6. The van der Waals surface area contributed by atoms with Crippen LogP contribution in [0.15, 0.2) is 60.3 Å². The minimum absolute atomic E-state index is 0.143. The second kappa shape index (κ2) is 8.44. The normalized spacial score (nSPS) is 30.8. The number of aromatic nitrogens is 1. The van der Waals surface area contributed by atoms with Crippen LogP contribution < -0.4 is 4.74 Å². The molecule has 0 spiro atoms. The summed E-state index contributed by atoms with van der Waals surface area (Å²) in [5.74, 6) is -1.82. The summed E-state index contributed by atoms with van der Waals surface area (Å²) in [4.78, 5) is 19.2. The van der Waals surface area contributed by atoms with Crippen LogP contribution >= 0.6 is 23.2 Å². The molecular formula is C25H26Cl2N2O4. The maximum absolute atomic E-state index is 13.4. The topological polar surface area (TPSA) is 82.9 Å². The Labute approximate surface area is 203 Å². The fraction of sp³-hybridized carbons (Fsp3) is 0.360. The van der Waals surface area contributed by atoms with Gasteiger partial charge in [0.2, 0.25) is 5.91 Å². The van der Waals surface area contributed by atoms with Gasteiger partial charge in [-0.3, -0.25) is 9.78 Å². The molecule has 0 bridgehead atoms. The number of ether oxygens (including phenoxy) is 1. The Bertz CT molecular complexity index is 1150. The number of fused-ring (bicyclic) bond motifs is 3. The lowest BCUT2D eigenvalue weighted by Gasteiger charge is -2.40. The van der Waals surface area contributed by atoms with Crippen molar-refractivity contribution in [1.29, 1.82) is 0 Å². The van der Waals surface area contributed by atoms with Crippen LogP contribution in [0.5, 0.6) is 5.75 Å². The van der Waals surface area contributed by atoms with E-state index < -0.39 is 29.1 Å². The quantitative estimate of drug-likeness (QED) is 0.633. The Hall–Kier alpha value is -2.38. The molecule has 4 rings (SSSR count). The van der Waals surface area contributed by atoms with E-state index in [2.05, 4.69) is 4.98 Å². The van der Waals surface area contributed by atoms with Gasteiger partial charge in [-0.1, -0.05) is 53.6 Å². The molecular weight excluding hydrogens is 463 g/mol. The smallest absolute Gasteiger partial charge is 0.228 e. The highest BCUT2D eigenvalue weighted by Gasteiger charge is 2.78. The highest BCUT2D eigenvalue weighted by Crippen LogP contribution is 2.67. The molecule has 8 heteroatoms. The standard InChI is InChI=1S/C25H26Cl2N2O4/c1-5-7-14(6-2)20-19(23(31)29(3)4)22(30)24(32)21-18(12-17(27)13-28-21)33-25(20,24)15-8-10-16(26)11-9-15/h5-13,19-20,22,30,32H,1-4H3/b7-5-,14-6+/t19-,20-,22-,24+,25+/m1/s1. The average molecular weight is 489 g/mol. The molecule has 2 N–H and O–H groups in total. The number of pyridine rings is 1. The van der Waals surface area contributed by atoms with Crippen LogP contribution in [-0.2, 0) is 16.0 Å². The summed E-state index contributed by atoms with van der Waals surface area (Å²) in [6.45, 7) is 3.72. The number of nitrogens with zero attached hydrogens (tertiary/aromatic N) is 2. The van der Waals surface area contributed by atoms with Crippen LogP contribution in [0.2, 0.25) is 10.0 Å². The SMILES string of the molecule is C/C=C\C(=C/C)[C@@H]1[C@@H](C(=O)N(C)C)[C@@H](O)[C@@]2(O)c3ncc(Cl)cc3O[C@@]12c1ccc(Cl)cc1. The predicted octanol–water partition coefficient (Wildman–Crippen LogP) is 4.08. The number of halogens is 2. The Morgan fingerprint density at radius 1 is 1.18 bits per heavy atom. The number of amides is 1. The zero-order valence-electron chi connectivity index (χ0n) is 18.8. The van der Waals surface area contributed by atoms with Crippen LogP contribution in [0.1, 0.15) is 25.1 Å². The van der Waals surface area contributed by atoms with Gasteiger partial charge in [0.15, 0.2) is 11.2 Å². The van der Waals surface area contributed by atoms with Crippen molar-refractivity contribution in [3.8, 4) is 5.75 Å². The molecule has 0 saturated heterocycles. The van der Waals surface area contributed by atoms with Gasteiger partial charge >= 0.3 is 0 Å². The number of aliphatic hydroxyl groups is 2. The van der Waals surface area contributed by atoms with E-state index in [9.17, 15) is 15.0 Å². The van der Waals surface area contributed by atoms with Gasteiger partial charge in [-0.25, -0.2) is 0 Å². The fourth-order valence-electron chi connectivity index (χ4n) is 5.31. The molecule has 1 fully saturated rings. The first-order valence-corrected chi connectivity index (χ1v) is 11.4. The van der Waals surface area contributed by atoms with Crippen LogP contribution in [0, 0.1) is 11.8 Å². The van der Waals surface area contributed by atoms with Gasteiger partial charge in [-0.15, -0.1) is 0 Å². The number of rotatable bonds is 4. The van der Waals surface area contributed by atoms with Gasteiger partial charge in [0, 0.05) is 37.3 Å². The van der Waals surface area contributed by atoms with Gasteiger partial charge in [-0.05, 0) is 37.1 Å². The molecule has 1 aliphatic heterocycles. The lowest BCUT2D eigenvalue weighted by atomic mass is 9.71. The number of carbonyl (C=O) groups excluding carboxylic acids is 1. The molecule has 1 saturated carbocycles. The Balaban J connectivity index is 2.11. The molecule has 1 amide bonds. The molecule has 2 heterocycles. The van der Waals surface area contributed by atoms with Crippen molar-refractivity contribution >= 4 is 29.1 Å². The minimum Gasteiger partial charge on any atom is -0.476 e. The largest absolute Gasteiger partial charge is 0.476 e. The molecule has 0 radical (unpaired) electrons. The summed E-state index contributed by atoms with van der Waals surface area (Å²) in [7, 11) is 3.24. The molecule has 5 atom stereocenters. The minimum atomic E-state index is -2.03. The molecule has 174 valence electrons. The third-order valence-electron chi connectivity index (χ3n) is 6.63. The van der Waals surface area contributed by atoms with Gasteiger partial charge in [0.25, 0.3) is 0 Å². The van der Waals surface area contributed by atoms with Crippen molar-refractivity contribution in [2.45, 2.75) is 31.2 Å². The maximum Gasteiger partial charge on any atom is 0.228 e. The number of carbonyl (C=O) groups is 1. The lowest BCUT2D eigenvalue weighted by molar-refractivity contribution is -0.158. The first-order chi connectivity index (χ1) is 15.6. The number of allylic oxidation sites excluding steroid dienone is 3. The van der Waals surface area contributed by atoms with Crippen molar-refractivity contribution in [1.82, 2.24) is 9.88 Å². The van der Waals surface area contributed by atoms with Crippen LogP contribution in [0.25, 0.3) is 0 Å². The third kappa shape index (κ3) is 3.23. The average Bonchev–Trinajstić information content (AvgIpc) is 3.15. The Kier molecular flexibility index (Phi) is 6.08.